The average Bonchev–Trinajstić information content (AvgIpc) is 2.35. The van der Waals surface area contributed by atoms with Crippen LogP contribution in [0.25, 0.3) is 0 Å². The number of nitrogens with one attached hydrogen (secondary N) is 1. The minimum Gasteiger partial charge on any atom is -0.322 e. The quantitative estimate of drug-likeness (QED) is 0.870. The molecule has 0 aliphatic carbocycles. The van der Waals surface area contributed by atoms with E-state index in [1.165, 1.54) is 24.3 Å². The molecule has 0 fully saturated rings. The van der Waals surface area contributed by atoms with Gasteiger partial charge in [-0.2, -0.15) is 0 Å². The van der Waals surface area contributed by atoms with Crippen LogP contribution in [0.5, 0.6) is 0 Å². The Labute approximate surface area is 109 Å². The number of rotatable bonds is 2. The molecule has 2 rings (SSSR count). The monoisotopic (exact) mass is 263 g/mol. The van der Waals surface area contributed by atoms with Gasteiger partial charge in [0.2, 0.25) is 0 Å². The maximum Gasteiger partial charge on any atom is 0.257 e. The van der Waals surface area contributed by atoms with Crippen LogP contribution in [0, 0.1) is 12.7 Å². The van der Waals surface area contributed by atoms with Crippen molar-refractivity contribution in [1.29, 1.82) is 0 Å². The van der Waals surface area contributed by atoms with Crippen molar-refractivity contribution in [2.45, 2.75) is 6.92 Å². The van der Waals surface area contributed by atoms with E-state index in [9.17, 15) is 9.18 Å². The minimum atomic E-state index is -0.346. The number of carbonyl (C=O) groups is 1. The smallest absolute Gasteiger partial charge is 0.257 e. The van der Waals surface area contributed by atoms with Crippen LogP contribution in [0.1, 0.15) is 15.9 Å². The summed E-state index contributed by atoms with van der Waals surface area (Å²) in [6, 6.07) is 10.8. The fraction of sp³-hybridized carbons (Fsp3) is 0.0714. The first kappa shape index (κ1) is 12.6. The highest BCUT2D eigenvalue weighted by molar-refractivity contribution is 6.35. The van der Waals surface area contributed by atoms with Gasteiger partial charge in [-0.3, -0.25) is 4.79 Å². The summed E-state index contributed by atoms with van der Waals surface area (Å²) in [5, 5.41) is 3.09. The number of aryl methyl sites for hydroxylation is 1. The fourth-order valence-electron chi connectivity index (χ4n) is 1.55. The van der Waals surface area contributed by atoms with Gasteiger partial charge in [-0.1, -0.05) is 23.7 Å². The number of hydrogen-bond acceptors (Lipinski definition) is 1. The third-order valence-electron chi connectivity index (χ3n) is 2.54. The highest BCUT2D eigenvalue weighted by atomic mass is 35.5. The molecule has 2 nitrogen and oxygen atoms in total. The van der Waals surface area contributed by atoms with Crippen molar-refractivity contribution >= 4 is 23.2 Å². The zero-order valence-electron chi connectivity index (χ0n) is 9.71. The normalized spacial score (nSPS) is 10.2. The average molecular weight is 264 g/mol. The van der Waals surface area contributed by atoms with Gasteiger partial charge in [0.05, 0.1) is 10.6 Å². The van der Waals surface area contributed by atoms with Gasteiger partial charge < -0.3 is 5.32 Å². The van der Waals surface area contributed by atoms with Gasteiger partial charge in [0.1, 0.15) is 5.82 Å². The number of amides is 1. The zero-order valence-corrected chi connectivity index (χ0v) is 10.5. The van der Waals surface area contributed by atoms with Gasteiger partial charge in [-0.15, -0.1) is 0 Å². The summed E-state index contributed by atoms with van der Waals surface area (Å²) in [7, 11) is 0. The van der Waals surface area contributed by atoms with Crippen molar-refractivity contribution < 1.29 is 9.18 Å². The summed E-state index contributed by atoms with van der Waals surface area (Å²) >= 11 is 6.06. The number of anilines is 1. The Balaban J connectivity index is 2.22. The molecule has 0 heterocycles. The van der Waals surface area contributed by atoms with E-state index >= 15 is 0 Å². The lowest BCUT2D eigenvalue weighted by atomic mass is 10.1. The molecule has 2 aromatic carbocycles. The first-order valence-electron chi connectivity index (χ1n) is 5.40. The largest absolute Gasteiger partial charge is 0.322 e. The molecule has 4 heteroatoms. The molecule has 0 spiro atoms. The lowest BCUT2D eigenvalue weighted by molar-refractivity contribution is 0.102. The third kappa shape index (κ3) is 2.68. The molecule has 0 aliphatic rings. The van der Waals surface area contributed by atoms with Gasteiger partial charge in [0, 0.05) is 5.69 Å². The standard InChI is InChI=1S/C14H11ClFNO/c1-9-3-2-4-12(13(9)15)14(18)17-11-7-5-10(16)6-8-11/h2-8H,1H3,(H,17,18). The Morgan fingerprint density at radius 3 is 2.50 bits per heavy atom. The first-order valence-corrected chi connectivity index (χ1v) is 5.78. The van der Waals surface area contributed by atoms with Crippen molar-refractivity contribution in [2.24, 2.45) is 0 Å². The van der Waals surface area contributed by atoms with E-state index in [0.717, 1.165) is 5.56 Å². The van der Waals surface area contributed by atoms with Crippen molar-refractivity contribution in [3.05, 3.63) is 64.4 Å². The maximum absolute atomic E-state index is 12.7. The molecule has 92 valence electrons. The lowest BCUT2D eigenvalue weighted by Crippen LogP contribution is -2.12. The second kappa shape index (κ2) is 5.19. The molecule has 0 aromatic heterocycles. The number of benzene rings is 2. The molecule has 0 aliphatic heterocycles. The Morgan fingerprint density at radius 1 is 1.17 bits per heavy atom. The Kier molecular flexibility index (Phi) is 3.63. The predicted octanol–water partition coefficient (Wildman–Crippen LogP) is 4.04. The maximum atomic E-state index is 12.7. The Hall–Kier alpha value is -1.87. The van der Waals surface area contributed by atoms with Crippen LogP contribution < -0.4 is 5.32 Å². The molecular formula is C14H11ClFNO. The van der Waals surface area contributed by atoms with E-state index in [2.05, 4.69) is 5.32 Å². The number of carbonyl (C=O) groups excluding carboxylic acids is 1. The summed E-state index contributed by atoms with van der Waals surface area (Å²) < 4.78 is 12.7. The Morgan fingerprint density at radius 2 is 1.83 bits per heavy atom. The van der Waals surface area contributed by atoms with Gasteiger partial charge in [0.25, 0.3) is 5.91 Å². The van der Waals surface area contributed by atoms with E-state index in [1.807, 2.05) is 13.0 Å². The summed E-state index contributed by atoms with van der Waals surface area (Å²) in [4.78, 5) is 12.0. The van der Waals surface area contributed by atoms with Crippen LogP contribution in [0.15, 0.2) is 42.5 Å². The molecule has 0 radical (unpaired) electrons. The third-order valence-corrected chi connectivity index (χ3v) is 3.04. The zero-order chi connectivity index (χ0) is 13.1. The molecule has 0 atom stereocenters. The molecule has 0 saturated heterocycles. The SMILES string of the molecule is Cc1cccc(C(=O)Nc2ccc(F)cc2)c1Cl. The van der Waals surface area contributed by atoms with Crippen molar-refractivity contribution in [3.63, 3.8) is 0 Å². The highest BCUT2D eigenvalue weighted by Gasteiger charge is 2.11. The lowest BCUT2D eigenvalue weighted by Gasteiger charge is -2.08. The van der Waals surface area contributed by atoms with Gasteiger partial charge >= 0.3 is 0 Å². The molecule has 0 saturated carbocycles. The predicted molar refractivity (Wildman–Crippen MR) is 70.5 cm³/mol. The highest BCUT2D eigenvalue weighted by Crippen LogP contribution is 2.21. The second-order valence-corrected chi connectivity index (χ2v) is 4.28. The molecule has 0 unspecified atom stereocenters. The van der Waals surface area contributed by atoms with Gasteiger partial charge in [0.15, 0.2) is 0 Å². The van der Waals surface area contributed by atoms with E-state index in [4.69, 9.17) is 11.6 Å². The van der Waals surface area contributed by atoms with E-state index in [-0.39, 0.29) is 11.7 Å². The van der Waals surface area contributed by atoms with E-state index in [0.29, 0.717) is 16.3 Å². The van der Waals surface area contributed by atoms with Crippen LogP contribution in [0.4, 0.5) is 10.1 Å². The van der Waals surface area contributed by atoms with Crippen LogP contribution in [-0.2, 0) is 0 Å². The van der Waals surface area contributed by atoms with Gasteiger partial charge in [-0.25, -0.2) is 4.39 Å². The molecule has 1 amide bonds. The Bertz CT molecular complexity index is 581. The van der Waals surface area contributed by atoms with E-state index < -0.39 is 0 Å². The van der Waals surface area contributed by atoms with Gasteiger partial charge in [-0.05, 0) is 42.8 Å². The molecule has 1 N–H and O–H groups in total. The van der Waals surface area contributed by atoms with Crippen molar-refractivity contribution in [1.82, 2.24) is 0 Å². The van der Waals surface area contributed by atoms with Crippen LogP contribution in [0.3, 0.4) is 0 Å². The molecule has 18 heavy (non-hydrogen) atoms. The molecule has 2 aromatic rings. The molecule has 0 bridgehead atoms. The fourth-order valence-corrected chi connectivity index (χ4v) is 1.77. The van der Waals surface area contributed by atoms with Crippen molar-refractivity contribution in [2.75, 3.05) is 5.32 Å². The summed E-state index contributed by atoms with van der Waals surface area (Å²) in [5.74, 6) is -0.656. The number of halogens is 2. The van der Waals surface area contributed by atoms with E-state index in [1.54, 1.807) is 12.1 Å². The molecular weight excluding hydrogens is 253 g/mol. The first-order chi connectivity index (χ1) is 8.58. The second-order valence-electron chi connectivity index (χ2n) is 3.90. The topological polar surface area (TPSA) is 29.1 Å². The van der Waals surface area contributed by atoms with Crippen LogP contribution in [0.2, 0.25) is 5.02 Å². The summed E-state index contributed by atoms with van der Waals surface area (Å²) in [6.07, 6.45) is 0. The summed E-state index contributed by atoms with van der Waals surface area (Å²) in [6.45, 7) is 1.83. The van der Waals surface area contributed by atoms with Crippen LogP contribution >= 0.6 is 11.6 Å². The van der Waals surface area contributed by atoms with Crippen LogP contribution in [-0.4, -0.2) is 5.91 Å². The van der Waals surface area contributed by atoms with Crippen molar-refractivity contribution in [3.8, 4) is 0 Å². The number of hydrogen-bond donors (Lipinski definition) is 1. The minimum absolute atomic E-state index is 0.310. The summed E-state index contributed by atoms with van der Waals surface area (Å²) in [5.41, 5.74) is 1.77.